The van der Waals surface area contributed by atoms with Crippen molar-refractivity contribution in [2.45, 2.75) is 13.3 Å². The molecule has 0 bridgehead atoms. The number of halogens is 1. The summed E-state index contributed by atoms with van der Waals surface area (Å²) in [5.41, 5.74) is 1.34. The summed E-state index contributed by atoms with van der Waals surface area (Å²) in [4.78, 5) is 0. The number of hydrogen-bond acceptors (Lipinski definition) is 3. The molecule has 17 heavy (non-hydrogen) atoms. The molecule has 94 valence electrons. The van der Waals surface area contributed by atoms with Crippen LogP contribution in [-0.4, -0.2) is 20.8 Å². The minimum atomic E-state index is -3.51. The van der Waals surface area contributed by atoms with Gasteiger partial charge in [-0.3, -0.25) is 4.18 Å². The molecule has 0 aromatic heterocycles. The zero-order valence-electron chi connectivity index (χ0n) is 9.65. The molecule has 0 saturated heterocycles. The van der Waals surface area contributed by atoms with E-state index in [0.717, 1.165) is 10.0 Å². The Morgan fingerprint density at radius 3 is 2.47 bits per heavy atom. The molecule has 1 aromatic carbocycles. The van der Waals surface area contributed by atoms with Crippen LogP contribution in [0.15, 0.2) is 35.3 Å². The predicted molar refractivity (Wildman–Crippen MR) is 73.2 cm³/mol. The van der Waals surface area contributed by atoms with Crippen molar-refractivity contribution in [3.8, 4) is 0 Å². The van der Waals surface area contributed by atoms with Gasteiger partial charge in [-0.15, -0.1) is 0 Å². The molecule has 0 fully saturated rings. The van der Waals surface area contributed by atoms with Crippen molar-refractivity contribution in [3.63, 3.8) is 0 Å². The van der Waals surface area contributed by atoms with Crippen LogP contribution in [-0.2, 0) is 14.3 Å². The lowest BCUT2D eigenvalue weighted by Crippen LogP contribution is -2.12. The van der Waals surface area contributed by atoms with Crippen molar-refractivity contribution in [2.75, 3.05) is 12.4 Å². The van der Waals surface area contributed by atoms with Gasteiger partial charge in [-0.05, 0) is 29.7 Å². The van der Waals surface area contributed by atoms with Crippen LogP contribution in [0.2, 0.25) is 0 Å². The minimum Gasteiger partial charge on any atom is -0.270 e. The summed E-state index contributed by atoms with van der Waals surface area (Å²) < 4.78 is 28.8. The average Bonchev–Trinajstić information content (AvgIpc) is 2.26. The molecule has 0 aliphatic carbocycles. The maximum Gasteiger partial charge on any atom is 0.271 e. The Kier molecular flexibility index (Phi) is 5.36. The van der Waals surface area contributed by atoms with Gasteiger partial charge in [0.25, 0.3) is 10.1 Å². The number of benzene rings is 1. The first-order valence-electron chi connectivity index (χ1n) is 5.25. The Labute approximate surface area is 111 Å². The summed E-state index contributed by atoms with van der Waals surface area (Å²) in [6.45, 7) is 5.85. The Bertz CT molecular complexity index is 477. The van der Waals surface area contributed by atoms with E-state index < -0.39 is 10.1 Å². The second-order valence-electron chi connectivity index (χ2n) is 3.63. The zero-order chi connectivity index (χ0) is 12.9. The third-order valence-electron chi connectivity index (χ3n) is 2.07. The number of hydrogen-bond donors (Lipinski definition) is 0. The predicted octanol–water partition coefficient (Wildman–Crippen LogP) is 3.22. The van der Waals surface area contributed by atoms with Crippen LogP contribution in [0.25, 0.3) is 5.57 Å². The van der Waals surface area contributed by atoms with Crippen molar-refractivity contribution in [1.82, 2.24) is 0 Å². The summed E-state index contributed by atoms with van der Waals surface area (Å²) >= 11 is 3.32. The lowest BCUT2D eigenvalue weighted by atomic mass is 10.1. The summed E-state index contributed by atoms with van der Waals surface area (Å²) in [5, 5.41) is 0. The smallest absolute Gasteiger partial charge is 0.270 e. The van der Waals surface area contributed by atoms with Gasteiger partial charge in [0.2, 0.25) is 0 Å². The maximum atomic E-state index is 11.5. The molecule has 0 radical (unpaired) electrons. The molecule has 0 saturated carbocycles. The summed E-state index contributed by atoms with van der Waals surface area (Å²) in [7, 11) is -3.51. The molecular formula is C12H15BrO3S. The first-order chi connectivity index (χ1) is 7.94. The van der Waals surface area contributed by atoms with Gasteiger partial charge >= 0.3 is 0 Å². The second kappa shape index (κ2) is 6.33. The molecule has 0 spiro atoms. The van der Waals surface area contributed by atoms with Gasteiger partial charge in [0.05, 0.1) is 6.61 Å². The van der Waals surface area contributed by atoms with Gasteiger partial charge in [0.1, 0.15) is 5.75 Å². The van der Waals surface area contributed by atoms with Crippen LogP contribution in [0.5, 0.6) is 0 Å². The quantitative estimate of drug-likeness (QED) is 0.756. The largest absolute Gasteiger partial charge is 0.271 e. The van der Waals surface area contributed by atoms with Gasteiger partial charge in [0.15, 0.2) is 0 Å². The molecule has 3 nitrogen and oxygen atoms in total. The number of rotatable bonds is 6. The average molecular weight is 319 g/mol. The Hall–Kier alpha value is -0.650. The molecule has 1 aromatic rings. The first-order valence-corrected chi connectivity index (χ1v) is 7.62. The van der Waals surface area contributed by atoms with E-state index >= 15 is 0 Å². The van der Waals surface area contributed by atoms with Crippen LogP contribution in [0.1, 0.15) is 18.9 Å². The highest BCUT2D eigenvalue weighted by Crippen LogP contribution is 2.18. The van der Waals surface area contributed by atoms with E-state index in [2.05, 4.69) is 22.5 Å². The molecule has 5 heteroatoms. The van der Waals surface area contributed by atoms with E-state index in [-0.39, 0.29) is 12.4 Å². The fourth-order valence-electron chi connectivity index (χ4n) is 1.23. The van der Waals surface area contributed by atoms with E-state index in [1.807, 2.05) is 31.2 Å². The lowest BCUT2D eigenvalue weighted by Gasteiger charge is -2.07. The van der Waals surface area contributed by atoms with Crippen LogP contribution in [0, 0.1) is 0 Å². The van der Waals surface area contributed by atoms with Crippen LogP contribution in [0.4, 0.5) is 0 Å². The second-order valence-corrected chi connectivity index (χ2v) is 6.19. The van der Waals surface area contributed by atoms with Crippen molar-refractivity contribution < 1.29 is 12.6 Å². The van der Waals surface area contributed by atoms with Crippen LogP contribution >= 0.6 is 15.9 Å². The van der Waals surface area contributed by atoms with Crippen molar-refractivity contribution in [3.05, 3.63) is 40.9 Å². The SMILES string of the molecule is C=C(CS(=O)(=O)OCCC)c1ccc(Br)cc1. The Morgan fingerprint density at radius 2 is 1.94 bits per heavy atom. The molecule has 0 unspecified atom stereocenters. The van der Waals surface area contributed by atoms with Crippen molar-refractivity contribution >= 4 is 31.6 Å². The highest BCUT2D eigenvalue weighted by Gasteiger charge is 2.13. The monoisotopic (exact) mass is 318 g/mol. The topological polar surface area (TPSA) is 43.4 Å². The molecule has 0 amide bonds. The third kappa shape index (κ3) is 5.02. The molecule has 0 aliphatic rings. The Balaban J connectivity index is 2.69. The summed E-state index contributed by atoms with van der Waals surface area (Å²) in [6, 6.07) is 7.34. The first kappa shape index (κ1) is 14.4. The fraction of sp³-hybridized carbons (Fsp3) is 0.333. The van der Waals surface area contributed by atoms with Crippen molar-refractivity contribution in [2.24, 2.45) is 0 Å². The maximum absolute atomic E-state index is 11.5. The molecular weight excluding hydrogens is 304 g/mol. The standard InChI is InChI=1S/C12H15BrO3S/c1-3-8-16-17(14,15)9-10(2)11-4-6-12(13)7-5-11/h4-7H,2-3,8-9H2,1H3. The molecule has 0 atom stereocenters. The van der Waals surface area contributed by atoms with E-state index in [0.29, 0.717) is 12.0 Å². The van der Waals surface area contributed by atoms with Gasteiger partial charge in [-0.2, -0.15) is 8.42 Å². The molecule has 0 N–H and O–H groups in total. The van der Waals surface area contributed by atoms with Gasteiger partial charge in [-0.25, -0.2) is 0 Å². The van der Waals surface area contributed by atoms with E-state index in [1.165, 1.54) is 0 Å². The highest BCUT2D eigenvalue weighted by molar-refractivity contribution is 9.10. The van der Waals surface area contributed by atoms with Crippen LogP contribution < -0.4 is 0 Å². The Morgan fingerprint density at radius 1 is 1.35 bits per heavy atom. The van der Waals surface area contributed by atoms with E-state index in [4.69, 9.17) is 4.18 Å². The van der Waals surface area contributed by atoms with Gasteiger partial charge in [0, 0.05) is 4.47 Å². The lowest BCUT2D eigenvalue weighted by molar-refractivity contribution is 0.320. The summed E-state index contributed by atoms with van der Waals surface area (Å²) in [6.07, 6.45) is 0.671. The third-order valence-corrected chi connectivity index (χ3v) is 3.83. The van der Waals surface area contributed by atoms with Gasteiger partial charge in [-0.1, -0.05) is 41.6 Å². The van der Waals surface area contributed by atoms with Crippen LogP contribution in [0.3, 0.4) is 0 Å². The molecule has 1 rings (SSSR count). The molecule has 0 heterocycles. The molecule has 0 aliphatic heterocycles. The summed E-state index contributed by atoms with van der Waals surface area (Å²) in [5.74, 6) is -0.172. The zero-order valence-corrected chi connectivity index (χ0v) is 12.1. The van der Waals surface area contributed by atoms with E-state index in [1.54, 1.807) is 0 Å². The van der Waals surface area contributed by atoms with Gasteiger partial charge < -0.3 is 0 Å². The minimum absolute atomic E-state index is 0.172. The fourth-order valence-corrected chi connectivity index (χ4v) is 2.60. The van der Waals surface area contributed by atoms with E-state index in [9.17, 15) is 8.42 Å². The van der Waals surface area contributed by atoms with Crippen molar-refractivity contribution in [1.29, 1.82) is 0 Å². The highest BCUT2D eigenvalue weighted by atomic mass is 79.9. The normalized spacial score (nSPS) is 11.4.